The summed E-state index contributed by atoms with van der Waals surface area (Å²) in [6.07, 6.45) is 0.845. The van der Waals surface area contributed by atoms with Gasteiger partial charge in [0.25, 0.3) is 0 Å². The standard InChI is InChI=1S/C29H39N3O6/c1-19(2)14-25(27(35)30-23(17-33)16-21-10-12-24(34)13-11-21)31-28(36)26(15-20(3)4)32-29(37)38-18-22-8-6-5-7-9-22/h5-13,17,19-20,23,25-26,34H,14-16,18H2,1-4H3,(H,30,35)(H,31,36)(H,32,37)/t23-,25-,26-/m0/s1. The van der Waals surface area contributed by atoms with E-state index in [1.165, 1.54) is 12.1 Å². The first-order chi connectivity index (χ1) is 18.1. The van der Waals surface area contributed by atoms with Crippen molar-refractivity contribution in [3.05, 3.63) is 65.7 Å². The number of nitrogens with one attached hydrogen (secondary N) is 3. The molecule has 0 heterocycles. The van der Waals surface area contributed by atoms with Gasteiger partial charge in [-0.15, -0.1) is 0 Å². The molecular formula is C29H39N3O6. The number of alkyl carbamates (subject to hydrolysis) is 1. The summed E-state index contributed by atoms with van der Waals surface area (Å²) in [4.78, 5) is 50.4. The average molecular weight is 526 g/mol. The molecule has 0 saturated heterocycles. The van der Waals surface area contributed by atoms with Gasteiger partial charge in [-0.1, -0.05) is 70.2 Å². The third-order valence-corrected chi connectivity index (χ3v) is 5.75. The number of aromatic hydroxyl groups is 1. The van der Waals surface area contributed by atoms with Gasteiger partial charge in [-0.3, -0.25) is 9.59 Å². The third kappa shape index (κ3) is 11.0. The molecule has 0 radical (unpaired) electrons. The molecule has 4 N–H and O–H groups in total. The second kappa shape index (κ2) is 15.4. The van der Waals surface area contributed by atoms with E-state index in [1.54, 1.807) is 12.1 Å². The number of aldehydes is 1. The molecule has 0 fully saturated rings. The van der Waals surface area contributed by atoms with Crippen molar-refractivity contribution in [1.82, 2.24) is 16.0 Å². The first-order valence-corrected chi connectivity index (χ1v) is 12.9. The maximum absolute atomic E-state index is 13.2. The van der Waals surface area contributed by atoms with Gasteiger partial charge < -0.3 is 30.6 Å². The van der Waals surface area contributed by atoms with Gasteiger partial charge in [0.1, 0.15) is 30.7 Å². The van der Waals surface area contributed by atoms with E-state index in [9.17, 15) is 24.3 Å². The van der Waals surface area contributed by atoms with Crippen molar-refractivity contribution in [2.45, 2.75) is 71.7 Å². The Kier molecular flexibility index (Phi) is 12.3. The Hall–Kier alpha value is -3.88. The van der Waals surface area contributed by atoms with Crippen LogP contribution in [0.2, 0.25) is 0 Å². The molecule has 0 bridgehead atoms. The maximum atomic E-state index is 13.2. The zero-order chi connectivity index (χ0) is 28.1. The van der Waals surface area contributed by atoms with Crippen LogP contribution in [0.4, 0.5) is 4.79 Å². The Bertz CT molecular complexity index is 1040. The van der Waals surface area contributed by atoms with Crippen molar-refractivity contribution in [1.29, 1.82) is 0 Å². The van der Waals surface area contributed by atoms with Crippen LogP contribution >= 0.6 is 0 Å². The monoisotopic (exact) mass is 525 g/mol. The molecule has 0 aliphatic carbocycles. The molecule has 0 aromatic heterocycles. The summed E-state index contributed by atoms with van der Waals surface area (Å²) in [5.41, 5.74) is 1.58. The van der Waals surface area contributed by atoms with Crippen molar-refractivity contribution in [2.24, 2.45) is 11.8 Å². The summed E-state index contributed by atoms with van der Waals surface area (Å²) in [7, 11) is 0. The molecule has 0 aliphatic rings. The lowest BCUT2D eigenvalue weighted by molar-refractivity contribution is -0.131. The zero-order valence-corrected chi connectivity index (χ0v) is 22.5. The van der Waals surface area contributed by atoms with Crippen LogP contribution in [0.3, 0.4) is 0 Å². The minimum absolute atomic E-state index is 0.0647. The first kappa shape index (κ1) is 30.3. The van der Waals surface area contributed by atoms with E-state index in [2.05, 4.69) is 16.0 Å². The van der Waals surface area contributed by atoms with Crippen LogP contribution < -0.4 is 16.0 Å². The Morgan fingerprint density at radius 2 is 1.34 bits per heavy atom. The van der Waals surface area contributed by atoms with Gasteiger partial charge >= 0.3 is 6.09 Å². The number of benzene rings is 2. The largest absolute Gasteiger partial charge is 0.508 e. The SMILES string of the molecule is CC(C)C[C@H](NC(=O)OCc1ccccc1)C(=O)N[C@@H](CC(C)C)C(=O)N[C@H](C=O)Cc1ccc(O)cc1. The number of amides is 3. The zero-order valence-electron chi connectivity index (χ0n) is 22.5. The highest BCUT2D eigenvalue weighted by Crippen LogP contribution is 2.13. The first-order valence-electron chi connectivity index (χ1n) is 12.9. The van der Waals surface area contributed by atoms with E-state index in [4.69, 9.17) is 4.74 Å². The average Bonchev–Trinajstić information content (AvgIpc) is 2.87. The number of hydrogen-bond acceptors (Lipinski definition) is 6. The fourth-order valence-corrected chi connectivity index (χ4v) is 3.89. The molecule has 0 saturated carbocycles. The van der Waals surface area contributed by atoms with E-state index in [-0.39, 0.29) is 30.6 Å². The second-order valence-corrected chi connectivity index (χ2v) is 10.2. The number of ether oxygens (including phenoxy) is 1. The quantitative estimate of drug-likeness (QED) is 0.279. The van der Waals surface area contributed by atoms with E-state index in [0.29, 0.717) is 19.1 Å². The van der Waals surface area contributed by atoms with Crippen LogP contribution in [0.15, 0.2) is 54.6 Å². The molecule has 206 valence electrons. The van der Waals surface area contributed by atoms with Crippen molar-refractivity contribution >= 4 is 24.2 Å². The molecule has 2 rings (SSSR count). The van der Waals surface area contributed by atoms with Crippen LogP contribution in [-0.4, -0.2) is 47.4 Å². The molecule has 2 aromatic rings. The van der Waals surface area contributed by atoms with Crippen molar-refractivity contribution in [3.63, 3.8) is 0 Å². The van der Waals surface area contributed by atoms with Gasteiger partial charge in [0.2, 0.25) is 11.8 Å². The summed E-state index contributed by atoms with van der Waals surface area (Å²) in [5, 5.41) is 17.5. The smallest absolute Gasteiger partial charge is 0.408 e. The minimum Gasteiger partial charge on any atom is -0.508 e. The number of phenolic OH excluding ortho intramolecular Hbond substituents is 1. The maximum Gasteiger partial charge on any atom is 0.408 e. The van der Waals surface area contributed by atoms with Crippen LogP contribution in [-0.2, 0) is 32.1 Å². The highest BCUT2D eigenvalue weighted by molar-refractivity contribution is 5.92. The predicted octanol–water partition coefficient (Wildman–Crippen LogP) is 3.49. The number of phenols is 1. The van der Waals surface area contributed by atoms with E-state index in [1.807, 2.05) is 58.0 Å². The number of hydrogen-bond donors (Lipinski definition) is 4. The van der Waals surface area contributed by atoms with Crippen LogP contribution in [0.1, 0.15) is 51.7 Å². The lowest BCUT2D eigenvalue weighted by atomic mass is 9.99. The molecule has 0 spiro atoms. The molecule has 9 heteroatoms. The summed E-state index contributed by atoms with van der Waals surface area (Å²) >= 11 is 0. The number of carbonyl (C=O) groups is 4. The van der Waals surface area contributed by atoms with Crippen LogP contribution in [0, 0.1) is 11.8 Å². The van der Waals surface area contributed by atoms with Crippen LogP contribution in [0.5, 0.6) is 5.75 Å². The molecule has 2 aromatic carbocycles. The molecule has 3 amide bonds. The highest BCUT2D eigenvalue weighted by Gasteiger charge is 2.29. The Balaban J connectivity index is 2.04. The van der Waals surface area contributed by atoms with Gasteiger partial charge in [-0.05, 0) is 54.4 Å². The molecule has 38 heavy (non-hydrogen) atoms. The molecule has 0 unspecified atom stereocenters. The van der Waals surface area contributed by atoms with E-state index >= 15 is 0 Å². The van der Waals surface area contributed by atoms with Gasteiger partial charge in [0.05, 0.1) is 6.04 Å². The van der Waals surface area contributed by atoms with Crippen molar-refractivity contribution in [2.75, 3.05) is 0 Å². The third-order valence-electron chi connectivity index (χ3n) is 5.75. The van der Waals surface area contributed by atoms with Gasteiger partial charge in [-0.2, -0.15) is 0 Å². The fraction of sp³-hybridized carbons (Fsp3) is 0.448. The lowest BCUT2D eigenvalue weighted by Crippen LogP contribution is -2.55. The number of carbonyl (C=O) groups excluding carboxylic acids is 4. The van der Waals surface area contributed by atoms with Gasteiger partial charge in [-0.25, -0.2) is 4.79 Å². The summed E-state index contributed by atoms with van der Waals surface area (Å²) in [5.74, 6) is -0.726. The van der Waals surface area contributed by atoms with E-state index < -0.39 is 36.0 Å². The molecule has 3 atom stereocenters. The summed E-state index contributed by atoms with van der Waals surface area (Å²) < 4.78 is 5.27. The normalized spacial score (nSPS) is 13.3. The number of rotatable bonds is 14. The molecule has 9 nitrogen and oxygen atoms in total. The molecule has 0 aliphatic heterocycles. The fourth-order valence-electron chi connectivity index (χ4n) is 3.89. The van der Waals surface area contributed by atoms with Crippen molar-refractivity contribution < 1.29 is 29.0 Å². The van der Waals surface area contributed by atoms with Crippen molar-refractivity contribution in [3.8, 4) is 5.75 Å². The van der Waals surface area contributed by atoms with Gasteiger partial charge in [0.15, 0.2) is 0 Å². The Labute approximate surface area is 224 Å². The summed E-state index contributed by atoms with van der Waals surface area (Å²) in [6, 6.07) is 12.9. The lowest BCUT2D eigenvalue weighted by Gasteiger charge is -2.26. The Morgan fingerprint density at radius 1 is 0.789 bits per heavy atom. The Morgan fingerprint density at radius 3 is 1.89 bits per heavy atom. The predicted molar refractivity (Wildman–Crippen MR) is 144 cm³/mol. The van der Waals surface area contributed by atoms with Crippen LogP contribution in [0.25, 0.3) is 0 Å². The highest BCUT2D eigenvalue weighted by atomic mass is 16.5. The second-order valence-electron chi connectivity index (χ2n) is 10.2. The van der Waals surface area contributed by atoms with E-state index in [0.717, 1.165) is 11.1 Å². The topological polar surface area (TPSA) is 134 Å². The van der Waals surface area contributed by atoms with Gasteiger partial charge in [0, 0.05) is 0 Å². The molecular weight excluding hydrogens is 486 g/mol. The summed E-state index contributed by atoms with van der Waals surface area (Å²) in [6.45, 7) is 7.76. The minimum atomic E-state index is -0.903.